The zero-order valence-corrected chi connectivity index (χ0v) is 16.7. The molecule has 0 aliphatic heterocycles. The Morgan fingerprint density at radius 2 is 1.93 bits per heavy atom. The minimum Gasteiger partial charge on any atom is -0.352 e. The summed E-state index contributed by atoms with van der Waals surface area (Å²) in [5, 5.41) is 7.57. The smallest absolute Gasteiger partial charge is 0.251 e. The summed E-state index contributed by atoms with van der Waals surface area (Å²) in [6.07, 6.45) is 2.18. The predicted molar refractivity (Wildman–Crippen MR) is 115 cm³/mol. The molecule has 0 saturated heterocycles. The highest BCUT2D eigenvalue weighted by atomic mass is 32.1. The molecule has 2 aromatic carbocycles. The van der Waals surface area contributed by atoms with Gasteiger partial charge >= 0.3 is 0 Å². The standard InChI is InChI=1S/C22H20N4O2S/c1-2-23-21(28)16-9-6-10-17(11-16)24-20(27)12-18-14-29-22-25-19(13-26(18)22)15-7-4-3-5-8-15/h3-11,13-14H,2,12H2,1H3,(H,23,28)(H,24,27). The lowest BCUT2D eigenvalue weighted by atomic mass is 10.2. The molecule has 4 aromatic rings. The summed E-state index contributed by atoms with van der Waals surface area (Å²) in [6, 6.07) is 16.9. The summed E-state index contributed by atoms with van der Waals surface area (Å²) >= 11 is 1.51. The molecule has 6 nitrogen and oxygen atoms in total. The molecule has 0 radical (unpaired) electrons. The van der Waals surface area contributed by atoms with Crippen LogP contribution in [0, 0.1) is 0 Å². The first kappa shape index (κ1) is 18.9. The monoisotopic (exact) mass is 404 g/mol. The summed E-state index contributed by atoms with van der Waals surface area (Å²) in [5.74, 6) is -0.303. The van der Waals surface area contributed by atoms with E-state index in [1.165, 1.54) is 11.3 Å². The molecular formula is C22H20N4O2S. The van der Waals surface area contributed by atoms with Crippen LogP contribution in [0.15, 0.2) is 66.2 Å². The lowest BCUT2D eigenvalue weighted by molar-refractivity contribution is -0.115. The number of amides is 2. The number of carbonyl (C=O) groups excluding carboxylic acids is 2. The Hall–Kier alpha value is -3.45. The number of thiazole rings is 1. The number of nitrogens with one attached hydrogen (secondary N) is 2. The predicted octanol–water partition coefficient (Wildman–Crippen LogP) is 3.99. The van der Waals surface area contributed by atoms with Gasteiger partial charge in [0.25, 0.3) is 5.91 Å². The number of nitrogens with zero attached hydrogens (tertiary/aromatic N) is 2. The maximum absolute atomic E-state index is 12.6. The molecule has 146 valence electrons. The average molecular weight is 404 g/mol. The van der Waals surface area contributed by atoms with Crippen LogP contribution in [0.25, 0.3) is 16.2 Å². The van der Waals surface area contributed by atoms with Crippen molar-refractivity contribution in [2.24, 2.45) is 0 Å². The topological polar surface area (TPSA) is 75.5 Å². The molecule has 0 bridgehead atoms. The zero-order chi connectivity index (χ0) is 20.2. The van der Waals surface area contributed by atoms with Crippen molar-refractivity contribution in [2.45, 2.75) is 13.3 Å². The molecule has 29 heavy (non-hydrogen) atoms. The number of hydrogen-bond acceptors (Lipinski definition) is 4. The summed E-state index contributed by atoms with van der Waals surface area (Å²) in [6.45, 7) is 2.42. The SMILES string of the molecule is CCNC(=O)c1cccc(NC(=O)Cc2csc3nc(-c4ccccc4)cn23)c1. The van der Waals surface area contributed by atoms with E-state index in [0.717, 1.165) is 21.9 Å². The first-order chi connectivity index (χ1) is 14.1. The van der Waals surface area contributed by atoms with Gasteiger partial charge in [0.05, 0.1) is 12.1 Å². The summed E-state index contributed by atoms with van der Waals surface area (Å²) in [7, 11) is 0. The molecule has 0 spiro atoms. The normalized spacial score (nSPS) is 10.8. The van der Waals surface area contributed by atoms with Gasteiger partial charge < -0.3 is 10.6 Å². The number of hydrogen-bond donors (Lipinski definition) is 2. The van der Waals surface area contributed by atoms with E-state index < -0.39 is 0 Å². The largest absolute Gasteiger partial charge is 0.352 e. The highest BCUT2D eigenvalue weighted by Gasteiger charge is 2.13. The van der Waals surface area contributed by atoms with Gasteiger partial charge in [-0.3, -0.25) is 14.0 Å². The summed E-state index contributed by atoms with van der Waals surface area (Å²) in [4.78, 5) is 30.0. The van der Waals surface area contributed by atoms with E-state index in [4.69, 9.17) is 0 Å². The first-order valence-electron chi connectivity index (χ1n) is 9.33. The Labute approximate surface area is 172 Å². The summed E-state index contributed by atoms with van der Waals surface area (Å²) < 4.78 is 1.96. The number of aromatic nitrogens is 2. The summed E-state index contributed by atoms with van der Waals surface area (Å²) in [5.41, 5.74) is 3.91. The zero-order valence-electron chi connectivity index (χ0n) is 15.9. The van der Waals surface area contributed by atoms with Gasteiger partial charge in [-0.05, 0) is 25.1 Å². The van der Waals surface area contributed by atoms with Gasteiger partial charge in [-0.15, -0.1) is 11.3 Å². The Morgan fingerprint density at radius 3 is 2.72 bits per heavy atom. The third-order valence-corrected chi connectivity index (χ3v) is 5.33. The molecule has 0 atom stereocenters. The van der Waals surface area contributed by atoms with Crippen molar-refractivity contribution in [3.8, 4) is 11.3 Å². The van der Waals surface area contributed by atoms with E-state index in [-0.39, 0.29) is 18.2 Å². The van der Waals surface area contributed by atoms with E-state index in [1.807, 2.05) is 53.2 Å². The molecule has 0 fully saturated rings. The highest BCUT2D eigenvalue weighted by Crippen LogP contribution is 2.24. The van der Waals surface area contributed by atoms with Crippen LogP contribution in [-0.4, -0.2) is 27.7 Å². The fourth-order valence-corrected chi connectivity index (χ4v) is 3.95. The van der Waals surface area contributed by atoms with E-state index >= 15 is 0 Å². The maximum Gasteiger partial charge on any atom is 0.251 e. The van der Waals surface area contributed by atoms with E-state index in [2.05, 4.69) is 15.6 Å². The quantitative estimate of drug-likeness (QED) is 0.510. The van der Waals surface area contributed by atoms with Crippen LogP contribution in [0.1, 0.15) is 23.0 Å². The Bertz CT molecular complexity index is 1160. The molecule has 4 rings (SSSR count). The van der Waals surface area contributed by atoms with Crippen molar-refractivity contribution in [1.82, 2.24) is 14.7 Å². The lowest BCUT2D eigenvalue weighted by Crippen LogP contribution is -2.23. The molecular weight excluding hydrogens is 384 g/mol. The van der Waals surface area contributed by atoms with Gasteiger partial charge in [0.2, 0.25) is 5.91 Å². The molecule has 0 aliphatic rings. The number of carbonyl (C=O) groups is 2. The molecule has 2 aromatic heterocycles. The second kappa shape index (κ2) is 8.28. The highest BCUT2D eigenvalue weighted by molar-refractivity contribution is 7.15. The van der Waals surface area contributed by atoms with Gasteiger partial charge in [-0.2, -0.15) is 0 Å². The van der Waals surface area contributed by atoms with Crippen LogP contribution >= 0.6 is 11.3 Å². The van der Waals surface area contributed by atoms with Crippen molar-refractivity contribution in [3.63, 3.8) is 0 Å². The third kappa shape index (κ3) is 4.20. The van der Waals surface area contributed by atoms with Gasteiger partial charge in [0.15, 0.2) is 4.96 Å². The average Bonchev–Trinajstić information content (AvgIpc) is 3.31. The van der Waals surface area contributed by atoms with Crippen LogP contribution < -0.4 is 10.6 Å². The second-order valence-corrected chi connectivity index (χ2v) is 7.37. The van der Waals surface area contributed by atoms with Crippen molar-refractivity contribution in [3.05, 3.63) is 77.4 Å². The van der Waals surface area contributed by atoms with Crippen LogP contribution in [0.3, 0.4) is 0 Å². The minimum absolute atomic E-state index is 0.146. The lowest BCUT2D eigenvalue weighted by Gasteiger charge is -2.07. The van der Waals surface area contributed by atoms with Crippen molar-refractivity contribution < 1.29 is 9.59 Å². The number of rotatable bonds is 6. The molecule has 0 saturated carbocycles. The number of anilines is 1. The molecule has 2 heterocycles. The Kier molecular flexibility index (Phi) is 5.39. The van der Waals surface area contributed by atoms with Crippen LogP contribution in [0.5, 0.6) is 0 Å². The van der Waals surface area contributed by atoms with Crippen molar-refractivity contribution in [1.29, 1.82) is 0 Å². The van der Waals surface area contributed by atoms with Crippen LogP contribution in [0.2, 0.25) is 0 Å². The van der Waals surface area contributed by atoms with E-state index in [0.29, 0.717) is 17.8 Å². The van der Waals surface area contributed by atoms with E-state index in [1.54, 1.807) is 24.3 Å². The van der Waals surface area contributed by atoms with Crippen molar-refractivity contribution >= 4 is 33.8 Å². The molecule has 0 unspecified atom stereocenters. The number of benzene rings is 2. The minimum atomic E-state index is -0.157. The fraction of sp³-hybridized carbons (Fsp3) is 0.136. The molecule has 2 amide bonds. The first-order valence-corrected chi connectivity index (χ1v) is 10.2. The maximum atomic E-state index is 12.6. The van der Waals surface area contributed by atoms with Gasteiger partial charge in [-0.25, -0.2) is 4.98 Å². The van der Waals surface area contributed by atoms with Crippen LogP contribution in [0.4, 0.5) is 5.69 Å². The van der Waals surface area contributed by atoms with Crippen molar-refractivity contribution in [2.75, 3.05) is 11.9 Å². The second-order valence-electron chi connectivity index (χ2n) is 6.54. The Morgan fingerprint density at radius 1 is 1.10 bits per heavy atom. The number of fused-ring (bicyclic) bond motifs is 1. The third-order valence-electron chi connectivity index (χ3n) is 4.44. The van der Waals surface area contributed by atoms with Crippen LogP contribution in [-0.2, 0) is 11.2 Å². The number of imidazole rings is 1. The van der Waals surface area contributed by atoms with Gasteiger partial charge in [0, 0.05) is 40.6 Å². The molecule has 2 N–H and O–H groups in total. The molecule has 0 aliphatic carbocycles. The van der Waals surface area contributed by atoms with Gasteiger partial charge in [-0.1, -0.05) is 36.4 Å². The fourth-order valence-electron chi connectivity index (χ4n) is 3.08. The van der Waals surface area contributed by atoms with E-state index in [9.17, 15) is 9.59 Å². The van der Waals surface area contributed by atoms with Gasteiger partial charge in [0.1, 0.15) is 0 Å². The molecule has 7 heteroatoms. The Balaban J connectivity index is 1.49.